The number of benzene rings is 1. The lowest BCUT2D eigenvalue weighted by Crippen LogP contribution is -2.27. The van der Waals surface area contributed by atoms with Gasteiger partial charge in [-0.3, -0.25) is 13.8 Å². The monoisotopic (exact) mass is 435 g/mol. The van der Waals surface area contributed by atoms with E-state index in [-0.39, 0.29) is 38.3 Å². The molecule has 3 N–H and O–H groups in total. The maximum atomic E-state index is 13.0. The van der Waals surface area contributed by atoms with Gasteiger partial charge in [-0.05, 0) is 22.5 Å². The molecule has 0 saturated heterocycles. The summed E-state index contributed by atoms with van der Waals surface area (Å²) < 4.78 is 28.7. The summed E-state index contributed by atoms with van der Waals surface area (Å²) in [6, 6.07) is 7.48. The van der Waals surface area contributed by atoms with E-state index in [1.165, 1.54) is 7.11 Å². The third kappa shape index (κ3) is 9.05. The van der Waals surface area contributed by atoms with Crippen LogP contribution in [0.5, 0.6) is 0 Å². The Morgan fingerprint density at radius 2 is 1.93 bits per heavy atom. The summed E-state index contributed by atoms with van der Waals surface area (Å²) in [6.45, 7) is -0.423. The molecule has 10 heteroatoms. The summed E-state index contributed by atoms with van der Waals surface area (Å²) >= 11 is 0.962. The van der Waals surface area contributed by atoms with Gasteiger partial charge < -0.3 is 20.3 Å². The van der Waals surface area contributed by atoms with Gasteiger partial charge in [0.1, 0.15) is 6.10 Å². The molecule has 0 radical (unpaired) electrons. The first-order valence-electron chi connectivity index (χ1n) is 8.97. The Labute approximate surface area is 170 Å². The lowest BCUT2D eigenvalue weighted by Gasteiger charge is -2.22. The van der Waals surface area contributed by atoms with Gasteiger partial charge in [-0.15, -0.1) is 0 Å². The Morgan fingerprint density at radius 3 is 2.50 bits per heavy atom. The van der Waals surface area contributed by atoms with E-state index in [1.54, 1.807) is 0 Å². The topological polar surface area (TPSA) is 114 Å². The number of hydrogen-bond donors (Lipinski definition) is 3. The highest BCUT2D eigenvalue weighted by molar-refractivity contribution is 8.54. The van der Waals surface area contributed by atoms with Crippen molar-refractivity contribution in [1.29, 1.82) is 0 Å². The van der Waals surface area contributed by atoms with Crippen LogP contribution in [0.2, 0.25) is 0 Å². The lowest BCUT2D eigenvalue weighted by molar-refractivity contribution is -0.124. The van der Waals surface area contributed by atoms with Crippen molar-refractivity contribution >= 4 is 24.1 Å². The smallest absolute Gasteiger partial charge is 0.389 e. The zero-order chi connectivity index (χ0) is 21.0. The van der Waals surface area contributed by atoms with Crippen molar-refractivity contribution in [3.05, 3.63) is 35.4 Å². The minimum atomic E-state index is -3.65. The molecule has 0 bridgehead atoms. The zero-order valence-corrected chi connectivity index (χ0v) is 18.2. The van der Waals surface area contributed by atoms with Gasteiger partial charge in [0.15, 0.2) is 0 Å². The molecule has 0 aliphatic carbocycles. The summed E-state index contributed by atoms with van der Waals surface area (Å²) in [6.07, 6.45) is -0.803. The van der Waals surface area contributed by atoms with Crippen molar-refractivity contribution in [3.8, 4) is 0 Å². The molecule has 0 heterocycles. The molecule has 1 amide bonds. The highest BCUT2D eigenvalue weighted by atomic mass is 32.7. The Balaban J connectivity index is 2.83. The highest BCUT2D eigenvalue weighted by Crippen LogP contribution is 2.62. The van der Waals surface area contributed by atoms with Crippen molar-refractivity contribution in [1.82, 2.24) is 5.32 Å². The van der Waals surface area contributed by atoms with Gasteiger partial charge in [0, 0.05) is 25.3 Å². The number of hydrogen-bond acceptors (Lipinski definition) is 8. The Bertz CT molecular complexity index is 644. The molecular weight excluding hydrogens is 405 g/mol. The van der Waals surface area contributed by atoms with Crippen LogP contribution in [0.1, 0.15) is 25.0 Å². The van der Waals surface area contributed by atoms with E-state index in [4.69, 9.17) is 18.9 Å². The van der Waals surface area contributed by atoms with E-state index in [9.17, 15) is 14.5 Å². The molecule has 8 nitrogen and oxygen atoms in total. The first-order valence-corrected chi connectivity index (χ1v) is 12.1. The van der Waals surface area contributed by atoms with Crippen LogP contribution >= 0.6 is 18.2 Å². The van der Waals surface area contributed by atoms with Gasteiger partial charge in [-0.1, -0.05) is 38.1 Å². The molecule has 28 heavy (non-hydrogen) atoms. The fraction of sp³-hybridized carbons (Fsp3) is 0.611. The fourth-order valence-corrected chi connectivity index (χ4v) is 5.60. The third-order valence-electron chi connectivity index (χ3n) is 3.65. The maximum Gasteiger partial charge on any atom is 0.389 e. The van der Waals surface area contributed by atoms with Crippen molar-refractivity contribution < 1.29 is 33.4 Å². The van der Waals surface area contributed by atoms with Crippen molar-refractivity contribution in [2.24, 2.45) is 5.92 Å². The molecule has 1 rings (SSSR count). The maximum absolute atomic E-state index is 13.0. The second kappa shape index (κ2) is 13.3. The normalized spacial score (nSPS) is 14.6. The number of nitrogens with one attached hydrogen (secondary N) is 1. The quantitative estimate of drug-likeness (QED) is 0.382. The standard InChI is InChI=1S/C18H30NO7PS/c1-14(2)18(22)19-10-15-6-4-5-7-16(15)13-28-27(23,25-9-8-20)26-17(11-21)12-24-3/h4-7,14,17,20-21H,8-13H2,1-3H3,(H,19,22). The van der Waals surface area contributed by atoms with Gasteiger partial charge >= 0.3 is 6.80 Å². The number of carbonyl (C=O) groups excluding carboxylic acids is 1. The molecule has 0 aliphatic rings. The van der Waals surface area contributed by atoms with Crippen molar-refractivity contribution in [3.63, 3.8) is 0 Å². The van der Waals surface area contributed by atoms with Crippen molar-refractivity contribution in [2.75, 3.05) is 33.5 Å². The van der Waals surface area contributed by atoms with Crippen LogP contribution in [-0.4, -0.2) is 55.8 Å². The average Bonchev–Trinajstić information content (AvgIpc) is 2.69. The number of methoxy groups -OCH3 is 1. The van der Waals surface area contributed by atoms with E-state index in [0.29, 0.717) is 12.3 Å². The highest BCUT2D eigenvalue weighted by Gasteiger charge is 2.30. The SMILES string of the molecule is COCC(CO)OP(=O)(OCCO)SCc1ccccc1CNC(=O)C(C)C. The average molecular weight is 435 g/mol. The van der Waals surface area contributed by atoms with Gasteiger partial charge in [-0.25, -0.2) is 4.57 Å². The van der Waals surface area contributed by atoms with Crippen LogP contribution < -0.4 is 5.32 Å². The number of carbonyl (C=O) groups is 1. The van der Waals surface area contributed by atoms with Crippen LogP contribution in [0.4, 0.5) is 0 Å². The lowest BCUT2D eigenvalue weighted by atomic mass is 10.1. The van der Waals surface area contributed by atoms with Gasteiger partial charge in [-0.2, -0.15) is 0 Å². The minimum absolute atomic E-state index is 0.0481. The predicted molar refractivity (Wildman–Crippen MR) is 109 cm³/mol. The number of amides is 1. The Kier molecular flexibility index (Phi) is 11.9. The van der Waals surface area contributed by atoms with Gasteiger partial charge in [0.25, 0.3) is 0 Å². The van der Waals surface area contributed by atoms with E-state index >= 15 is 0 Å². The number of rotatable bonds is 14. The molecule has 0 fully saturated rings. The second-order valence-corrected chi connectivity index (χ2v) is 10.3. The molecule has 2 unspecified atom stereocenters. The van der Waals surface area contributed by atoms with Crippen LogP contribution in [0.15, 0.2) is 24.3 Å². The zero-order valence-electron chi connectivity index (χ0n) is 16.5. The number of ether oxygens (including phenoxy) is 1. The molecule has 160 valence electrons. The summed E-state index contributed by atoms with van der Waals surface area (Å²) in [5.74, 6) is 0.146. The van der Waals surface area contributed by atoms with E-state index < -0.39 is 12.9 Å². The molecular formula is C18H30NO7PS. The van der Waals surface area contributed by atoms with Crippen LogP contribution in [0, 0.1) is 5.92 Å². The van der Waals surface area contributed by atoms with Crippen LogP contribution in [0.25, 0.3) is 0 Å². The van der Waals surface area contributed by atoms with E-state index in [2.05, 4.69) is 5.32 Å². The molecule has 0 aromatic heterocycles. The van der Waals surface area contributed by atoms with Crippen LogP contribution in [0.3, 0.4) is 0 Å². The minimum Gasteiger partial charge on any atom is -0.394 e. The summed E-state index contributed by atoms with van der Waals surface area (Å²) in [5.41, 5.74) is 1.77. The van der Waals surface area contributed by atoms with Crippen LogP contribution in [-0.2, 0) is 35.4 Å². The molecule has 0 saturated carbocycles. The molecule has 0 aliphatic heterocycles. The molecule has 1 aromatic carbocycles. The first kappa shape index (κ1) is 25.1. The van der Waals surface area contributed by atoms with Gasteiger partial charge in [0.2, 0.25) is 5.91 Å². The number of aliphatic hydroxyl groups is 2. The first-order chi connectivity index (χ1) is 13.3. The third-order valence-corrected chi connectivity index (χ3v) is 7.37. The van der Waals surface area contributed by atoms with Gasteiger partial charge in [0.05, 0.1) is 26.4 Å². The summed E-state index contributed by atoms with van der Waals surface area (Å²) in [5, 5.41) is 21.2. The van der Waals surface area contributed by atoms with E-state index in [1.807, 2.05) is 38.1 Å². The summed E-state index contributed by atoms with van der Waals surface area (Å²) in [4.78, 5) is 11.8. The fourth-order valence-electron chi connectivity index (χ4n) is 2.14. The Morgan fingerprint density at radius 1 is 1.25 bits per heavy atom. The molecule has 0 spiro atoms. The van der Waals surface area contributed by atoms with E-state index in [0.717, 1.165) is 22.5 Å². The van der Waals surface area contributed by atoms with Crippen molar-refractivity contribution in [2.45, 2.75) is 32.2 Å². The Hall–Kier alpha value is -0.930. The largest absolute Gasteiger partial charge is 0.394 e. The molecule has 1 aromatic rings. The summed E-state index contributed by atoms with van der Waals surface area (Å²) in [7, 11) is 1.44. The number of aliphatic hydroxyl groups excluding tert-OH is 2. The second-order valence-electron chi connectivity index (χ2n) is 6.28. The predicted octanol–water partition coefficient (Wildman–Crippen LogP) is 2.33. The molecule has 2 atom stereocenters.